The number of anilines is 1. The normalized spacial score (nSPS) is 21.2. The first-order chi connectivity index (χ1) is 14.7. The van der Waals surface area contributed by atoms with Gasteiger partial charge < -0.3 is 20.1 Å². The maximum atomic E-state index is 13.1. The van der Waals surface area contributed by atoms with Gasteiger partial charge in [-0.2, -0.15) is 0 Å². The van der Waals surface area contributed by atoms with E-state index in [0.29, 0.717) is 12.8 Å². The van der Waals surface area contributed by atoms with Crippen LogP contribution in [-0.2, 0) is 16.0 Å². The molecule has 2 aliphatic heterocycles. The molecule has 2 aromatic rings. The Bertz CT molecular complexity index is 1050. The molecule has 1 saturated heterocycles. The van der Waals surface area contributed by atoms with Crippen LogP contribution in [0.2, 0.25) is 0 Å². The molecule has 0 saturated carbocycles. The Morgan fingerprint density at radius 3 is 2.55 bits per heavy atom. The maximum absolute atomic E-state index is 13.1. The molecule has 0 aromatic heterocycles. The summed E-state index contributed by atoms with van der Waals surface area (Å²) < 4.78 is 34.9. The molecule has 0 aliphatic carbocycles. The van der Waals surface area contributed by atoms with Gasteiger partial charge in [0.2, 0.25) is 5.91 Å². The molecule has 2 N–H and O–H groups in total. The SMILES string of the molecule is C[C@]1(CCc2ccccc2)NC(=O)N(CC(=O)Nc2ccc3c(c2)OC(F)(F)O3)C1=O. The predicted molar refractivity (Wildman–Crippen MR) is 105 cm³/mol. The number of halogens is 2. The largest absolute Gasteiger partial charge is 0.586 e. The van der Waals surface area contributed by atoms with E-state index in [4.69, 9.17) is 0 Å². The number of alkyl halides is 2. The first-order valence-corrected chi connectivity index (χ1v) is 9.53. The molecule has 2 aromatic carbocycles. The summed E-state index contributed by atoms with van der Waals surface area (Å²) in [4.78, 5) is 38.3. The van der Waals surface area contributed by atoms with E-state index in [0.717, 1.165) is 10.5 Å². The van der Waals surface area contributed by atoms with Gasteiger partial charge in [-0.25, -0.2) is 4.79 Å². The van der Waals surface area contributed by atoms with Crippen LogP contribution in [0.3, 0.4) is 0 Å². The first kappa shape index (κ1) is 20.6. The molecule has 4 amide bonds. The molecule has 0 unspecified atom stereocenters. The van der Waals surface area contributed by atoms with Crippen molar-refractivity contribution in [2.75, 3.05) is 11.9 Å². The molecule has 0 spiro atoms. The Labute approximate surface area is 176 Å². The number of benzene rings is 2. The lowest BCUT2D eigenvalue weighted by Gasteiger charge is -2.21. The highest BCUT2D eigenvalue weighted by molar-refractivity contribution is 6.09. The van der Waals surface area contributed by atoms with Gasteiger partial charge in [0.25, 0.3) is 5.91 Å². The van der Waals surface area contributed by atoms with Crippen molar-refractivity contribution in [1.29, 1.82) is 0 Å². The molecule has 4 rings (SSSR count). The van der Waals surface area contributed by atoms with Crippen LogP contribution in [-0.4, -0.2) is 41.1 Å². The van der Waals surface area contributed by atoms with Crippen molar-refractivity contribution in [3.63, 3.8) is 0 Å². The fourth-order valence-electron chi connectivity index (χ4n) is 3.47. The molecule has 0 bridgehead atoms. The summed E-state index contributed by atoms with van der Waals surface area (Å²) in [5, 5.41) is 5.11. The van der Waals surface area contributed by atoms with Gasteiger partial charge in [-0.15, -0.1) is 8.78 Å². The number of aryl methyl sites for hydroxylation is 1. The van der Waals surface area contributed by atoms with Gasteiger partial charge in [-0.1, -0.05) is 30.3 Å². The third-order valence-corrected chi connectivity index (χ3v) is 5.09. The van der Waals surface area contributed by atoms with Gasteiger partial charge >= 0.3 is 12.3 Å². The summed E-state index contributed by atoms with van der Waals surface area (Å²) >= 11 is 0. The van der Waals surface area contributed by atoms with Crippen molar-refractivity contribution in [1.82, 2.24) is 10.2 Å². The summed E-state index contributed by atoms with van der Waals surface area (Å²) in [6.07, 6.45) is -2.82. The van der Waals surface area contributed by atoms with Gasteiger partial charge in [0.15, 0.2) is 11.5 Å². The van der Waals surface area contributed by atoms with E-state index in [2.05, 4.69) is 20.1 Å². The number of carbonyl (C=O) groups is 3. The molecule has 0 radical (unpaired) electrons. The van der Waals surface area contributed by atoms with Gasteiger partial charge in [0.05, 0.1) is 0 Å². The first-order valence-electron chi connectivity index (χ1n) is 9.53. The van der Waals surface area contributed by atoms with Gasteiger partial charge in [0.1, 0.15) is 12.1 Å². The van der Waals surface area contributed by atoms with Crippen molar-refractivity contribution < 1.29 is 32.6 Å². The number of carbonyl (C=O) groups excluding carboxylic acids is 3. The minimum Gasteiger partial charge on any atom is -0.395 e. The molecular formula is C21H19F2N3O5. The van der Waals surface area contributed by atoms with E-state index in [1.54, 1.807) is 6.92 Å². The van der Waals surface area contributed by atoms with Crippen LogP contribution in [0.4, 0.5) is 19.3 Å². The van der Waals surface area contributed by atoms with Crippen LogP contribution in [0.15, 0.2) is 48.5 Å². The summed E-state index contributed by atoms with van der Waals surface area (Å²) in [5.41, 5.74) is 0.0525. The third kappa shape index (κ3) is 4.27. The second kappa shape index (κ2) is 7.53. The van der Waals surface area contributed by atoms with Crippen molar-refractivity contribution in [3.05, 3.63) is 54.1 Å². The van der Waals surface area contributed by atoms with E-state index in [-0.39, 0.29) is 17.2 Å². The van der Waals surface area contributed by atoms with Gasteiger partial charge in [-0.05, 0) is 37.5 Å². The van der Waals surface area contributed by atoms with Crippen molar-refractivity contribution >= 4 is 23.5 Å². The number of imide groups is 1. The number of amides is 4. The number of fused-ring (bicyclic) bond motifs is 1. The van der Waals surface area contributed by atoms with Gasteiger partial charge in [-0.3, -0.25) is 14.5 Å². The zero-order chi connectivity index (χ0) is 22.2. The minimum absolute atomic E-state index is 0.156. The van der Waals surface area contributed by atoms with Crippen molar-refractivity contribution in [2.24, 2.45) is 0 Å². The Kier molecular flexibility index (Phi) is 5.00. The number of ether oxygens (including phenoxy) is 2. The van der Waals surface area contributed by atoms with Crippen LogP contribution in [0, 0.1) is 0 Å². The van der Waals surface area contributed by atoms with Crippen LogP contribution in [0.1, 0.15) is 18.9 Å². The fraction of sp³-hybridized carbons (Fsp3) is 0.286. The number of hydrogen-bond donors (Lipinski definition) is 2. The van der Waals surface area contributed by atoms with E-state index in [1.165, 1.54) is 18.2 Å². The lowest BCUT2D eigenvalue weighted by Crippen LogP contribution is -2.45. The highest BCUT2D eigenvalue weighted by Crippen LogP contribution is 2.42. The summed E-state index contributed by atoms with van der Waals surface area (Å²) in [6, 6.07) is 12.6. The molecule has 1 fully saturated rings. The maximum Gasteiger partial charge on any atom is 0.586 e. The minimum atomic E-state index is -3.77. The van der Waals surface area contributed by atoms with Gasteiger partial charge in [0, 0.05) is 11.8 Å². The summed E-state index contributed by atoms with van der Waals surface area (Å²) in [7, 11) is 0. The quantitative estimate of drug-likeness (QED) is 0.686. The lowest BCUT2D eigenvalue weighted by molar-refractivity contribution is -0.286. The third-order valence-electron chi connectivity index (χ3n) is 5.09. The van der Waals surface area contributed by atoms with E-state index >= 15 is 0 Å². The fourth-order valence-corrected chi connectivity index (χ4v) is 3.47. The van der Waals surface area contributed by atoms with Crippen molar-refractivity contribution in [2.45, 2.75) is 31.6 Å². The molecular weight excluding hydrogens is 412 g/mol. The van der Waals surface area contributed by atoms with Crippen LogP contribution >= 0.6 is 0 Å². The van der Waals surface area contributed by atoms with Crippen molar-refractivity contribution in [3.8, 4) is 11.5 Å². The Morgan fingerprint density at radius 2 is 1.81 bits per heavy atom. The highest BCUT2D eigenvalue weighted by atomic mass is 19.3. The number of nitrogens with zero attached hydrogens (tertiary/aromatic N) is 1. The molecule has 162 valence electrons. The second-order valence-corrected chi connectivity index (χ2v) is 7.52. The number of urea groups is 1. The predicted octanol–water partition coefficient (Wildman–Crippen LogP) is 2.89. The highest BCUT2D eigenvalue weighted by Gasteiger charge is 2.48. The lowest BCUT2D eigenvalue weighted by atomic mass is 9.93. The second-order valence-electron chi connectivity index (χ2n) is 7.52. The van der Waals surface area contributed by atoms with E-state index < -0.39 is 36.2 Å². The standard InChI is InChI=1S/C21H19F2N3O5/c1-20(10-9-13-5-3-2-4-6-13)18(28)26(19(29)25-20)12-17(27)24-14-7-8-15-16(11-14)31-21(22,23)30-15/h2-8,11H,9-10,12H2,1H3,(H,24,27)(H,25,29)/t20-/m1/s1. The Balaban J connectivity index is 1.37. The average molecular weight is 431 g/mol. The molecule has 2 aliphatic rings. The number of rotatable bonds is 6. The van der Waals surface area contributed by atoms with Crippen LogP contribution in [0.25, 0.3) is 0 Å². The van der Waals surface area contributed by atoms with E-state index in [9.17, 15) is 23.2 Å². The summed E-state index contributed by atoms with van der Waals surface area (Å²) in [6.45, 7) is 1.10. The molecule has 8 nitrogen and oxygen atoms in total. The molecule has 2 heterocycles. The van der Waals surface area contributed by atoms with Crippen LogP contribution in [0.5, 0.6) is 11.5 Å². The summed E-state index contributed by atoms with van der Waals surface area (Å²) in [5.74, 6) is -1.56. The van der Waals surface area contributed by atoms with E-state index in [1.807, 2.05) is 30.3 Å². The number of nitrogens with one attached hydrogen (secondary N) is 2. The Hall–Kier alpha value is -3.69. The monoisotopic (exact) mass is 431 g/mol. The number of hydrogen-bond acceptors (Lipinski definition) is 5. The van der Waals surface area contributed by atoms with Crippen LogP contribution < -0.4 is 20.1 Å². The molecule has 10 heteroatoms. The zero-order valence-electron chi connectivity index (χ0n) is 16.5. The Morgan fingerprint density at radius 1 is 1.10 bits per heavy atom. The molecule has 1 atom stereocenters. The smallest absolute Gasteiger partial charge is 0.395 e. The molecule has 31 heavy (non-hydrogen) atoms. The average Bonchev–Trinajstić information content (AvgIpc) is 3.13. The zero-order valence-corrected chi connectivity index (χ0v) is 16.5. The topological polar surface area (TPSA) is 97.0 Å².